The Morgan fingerprint density at radius 3 is 2.48 bits per heavy atom. The number of methoxy groups -OCH3 is 1. The van der Waals surface area contributed by atoms with Crippen LogP contribution in [0.3, 0.4) is 0 Å². The van der Waals surface area contributed by atoms with Crippen LogP contribution in [0.4, 0.5) is 0 Å². The van der Waals surface area contributed by atoms with E-state index in [0.29, 0.717) is 0 Å². The number of aliphatic imine (C=N–C) groups is 1. The molecule has 2 aromatic carbocycles. The van der Waals surface area contributed by atoms with E-state index >= 15 is 0 Å². The fourth-order valence-electron chi connectivity index (χ4n) is 3.40. The highest BCUT2D eigenvalue weighted by Gasteiger charge is 2.09. The van der Waals surface area contributed by atoms with Crippen LogP contribution in [0.1, 0.15) is 23.2 Å². The highest BCUT2D eigenvalue weighted by molar-refractivity contribution is 14.0. The normalized spacial score (nSPS) is 11.0. The highest BCUT2D eigenvalue weighted by atomic mass is 127. The van der Waals surface area contributed by atoms with Crippen LogP contribution in [-0.4, -0.2) is 48.4 Å². The molecule has 3 rings (SSSR count). The van der Waals surface area contributed by atoms with Crippen LogP contribution in [-0.2, 0) is 13.0 Å². The molecule has 0 atom stereocenters. The summed E-state index contributed by atoms with van der Waals surface area (Å²) < 4.78 is 7.18. The minimum absolute atomic E-state index is 0. The van der Waals surface area contributed by atoms with Gasteiger partial charge in [0.1, 0.15) is 5.75 Å². The zero-order chi connectivity index (χ0) is 21.3. The number of nitrogens with zero attached hydrogens (tertiary/aromatic N) is 4. The zero-order valence-electron chi connectivity index (χ0n) is 18.7. The van der Waals surface area contributed by atoms with E-state index < -0.39 is 0 Å². The second kappa shape index (κ2) is 12.3. The average molecular weight is 533 g/mol. The smallest absolute Gasteiger partial charge is 0.193 e. The van der Waals surface area contributed by atoms with Crippen LogP contribution < -0.4 is 10.1 Å². The molecule has 1 aromatic heterocycles. The predicted molar refractivity (Wildman–Crippen MR) is 138 cm³/mol. The molecule has 3 aromatic rings. The number of guanidine groups is 1. The molecule has 0 saturated carbocycles. The molecule has 0 aliphatic carbocycles. The summed E-state index contributed by atoms with van der Waals surface area (Å²) in [6.07, 6.45) is 4.12. The first-order chi connectivity index (χ1) is 14.6. The summed E-state index contributed by atoms with van der Waals surface area (Å²) in [6.45, 7) is 3.71. The maximum atomic E-state index is 5.22. The van der Waals surface area contributed by atoms with Crippen molar-refractivity contribution in [1.82, 2.24) is 20.0 Å². The number of benzene rings is 2. The summed E-state index contributed by atoms with van der Waals surface area (Å²) in [6, 6.07) is 18.3. The lowest BCUT2D eigenvalue weighted by atomic mass is 10.1. The first-order valence-electron chi connectivity index (χ1n) is 10.3. The molecule has 0 unspecified atom stereocenters. The Kier molecular flexibility index (Phi) is 9.84. The van der Waals surface area contributed by atoms with Gasteiger partial charge in [-0.25, -0.2) is 4.68 Å². The minimum atomic E-state index is 0. The first kappa shape index (κ1) is 24.7. The fourth-order valence-corrected chi connectivity index (χ4v) is 3.40. The van der Waals surface area contributed by atoms with Gasteiger partial charge in [0.25, 0.3) is 0 Å². The molecule has 31 heavy (non-hydrogen) atoms. The van der Waals surface area contributed by atoms with Gasteiger partial charge in [-0.1, -0.05) is 30.3 Å². The molecule has 0 amide bonds. The zero-order valence-corrected chi connectivity index (χ0v) is 21.0. The van der Waals surface area contributed by atoms with Crippen LogP contribution in [0, 0.1) is 6.92 Å². The lowest BCUT2D eigenvalue weighted by Crippen LogP contribution is -2.39. The number of hydrogen-bond donors (Lipinski definition) is 1. The number of hydrogen-bond acceptors (Lipinski definition) is 3. The molecule has 0 aliphatic heterocycles. The number of aromatic nitrogens is 2. The summed E-state index contributed by atoms with van der Waals surface area (Å²) in [5.74, 6) is 1.76. The van der Waals surface area contributed by atoms with Gasteiger partial charge in [-0.05, 0) is 55.2 Å². The van der Waals surface area contributed by atoms with Crippen LogP contribution in [0.2, 0.25) is 0 Å². The number of aryl methyl sites for hydroxylation is 2. The molecule has 1 heterocycles. The van der Waals surface area contributed by atoms with Crippen LogP contribution in [0.15, 0.2) is 65.8 Å². The van der Waals surface area contributed by atoms with Gasteiger partial charge in [-0.2, -0.15) is 5.10 Å². The van der Waals surface area contributed by atoms with Crippen molar-refractivity contribution >= 4 is 29.9 Å². The lowest BCUT2D eigenvalue weighted by Gasteiger charge is -2.22. The Balaban J connectivity index is 0.00000341. The Labute approximate surface area is 202 Å². The van der Waals surface area contributed by atoms with Crippen LogP contribution in [0.25, 0.3) is 5.69 Å². The molecule has 6 nitrogen and oxygen atoms in total. The Hall–Kier alpha value is -2.55. The van der Waals surface area contributed by atoms with Gasteiger partial charge in [0.05, 0.1) is 18.5 Å². The quantitative estimate of drug-likeness (QED) is 0.201. The van der Waals surface area contributed by atoms with Crippen molar-refractivity contribution in [1.29, 1.82) is 0 Å². The third-order valence-electron chi connectivity index (χ3n) is 5.08. The summed E-state index contributed by atoms with van der Waals surface area (Å²) in [4.78, 5) is 6.54. The minimum Gasteiger partial charge on any atom is -0.497 e. The second-order valence-electron chi connectivity index (χ2n) is 7.30. The standard InChI is InChI=1S/C24H31N5O.HI/c1-19-21(18-29(27-19)22-10-6-5-7-11-22)9-8-16-26-24(25-2)28(3)17-20-12-14-23(30-4)15-13-20;/h5-7,10-15,18H,8-9,16-17H2,1-4H3,(H,25,26);1H. The van der Waals surface area contributed by atoms with E-state index in [1.807, 2.05) is 49.1 Å². The molecule has 0 radical (unpaired) electrons. The second-order valence-corrected chi connectivity index (χ2v) is 7.30. The van der Waals surface area contributed by atoms with Crippen molar-refractivity contribution in [2.75, 3.05) is 27.7 Å². The van der Waals surface area contributed by atoms with E-state index in [-0.39, 0.29) is 24.0 Å². The molecule has 0 saturated heterocycles. The maximum Gasteiger partial charge on any atom is 0.193 e. The lowest BCUT2D eigenvalue weighted by molar-refractivity contribution is 0.414. The topological polar surface area (TPSA) is 54.7 Å². The van der Waals surface area contributed by atoms with E-state index in [4.69, 9.17) is 4.74 Å². The third-order valence-corrected chi connectivity index (χ3v) is 5.08. The van der Waals surface area contributed by atoms with Crippen molar-refractivity contribution in [3.63, 3.8) is 0 Å². The van der Waals surface area contributed by atoms with Crippen LogP contribution >= 0.6 is 24.0 Å². The number of nitrogens with one attached hydrogen (secondary N) is 1. The number of para-hydroxylation sites is 1. The van der Waals surface area contributed by atoms with Crippen molar-refractivity contribution in [3.8, 4) is 11.4 Å². The monoisotopic (exact) mass is 533 g/mol. The summed E-state index contributed by atoms with van der Waals surface area (Å²) >= 11 is 0. The van der Waals surface area contributed by atoms with Crippen LogP contribution in [0.5, 0.6) is 5.75 Å². The van der Waals surface area contributed by atoms with E-state index in [1.165, 1.54) is 11.1 Å². The summed E-state index contributed by atoms with van der Waals surface area (Å²) in [7, 11) is 5.55. The van der Waals surface area contributed by atoms with Crippen molar-refractivity contribution in [2.45, 2.75) is 26.3 Å². The van der Waals surface area contributed by atoms with Gasteiger partial charge < -0.3 is 15.0 Å². The van der Waals surface area contributed by atoms with E-state index in [0.717, 1.165) is 49.0 Å². The molecule has 0 fully saturated rings. The van der Waals surface area contributed by atoms with E-state index in [2.05, 4.69) is 57.7 Å². The number of rotatable bonds is 8. The molecule has 166 valence electrons. The average Bonchev–Trinajstić information content (AvgIpc) is 3.15. The number of halogens is 1. The van der Waals surface area contributed by atoms with Crippen molar-refractivity contribution in [3.05, 3.63) is 77.6 Å². The molecule has 0 bridgehead atoms. The Morgan fingerprint density at radius 2 is 1.84 bits per heavy atom. The molecule has 1 N–H and O–H groups in total. The third kappa shape index (κ3) is 6.99. The Morgan fingerprint density at radius 1 is 1.13 bits per heavy atom. The maximum absolute atomic E-state index is 5.22. The van der Waals surface area contributed by atoms with Gasteiger partial charge in [0.2, 0.25) is 0 Å². The SMILES string of the molecule is CN=C(NCCCc1cn(-c2ccccc2)nc1C)N(C)Cc1ccc(OC)cc1.I. The van der Waals surface area contributed by atoms with E-state index in [1.54, 1.807) is 7.11 Å². The van der Waals surface area contributed by atoms with Gasteiger partial charge >= 0.3 is 0 Å². The fraction of sp³-hybridized carbons (Fsp3) is 0.333. The number of ether oxygens (including phenoxy) is 1. The van der Waals surface area contributed by atoms with Gasteiger partial charge in [0, 0.05) is 33.4 Å². The largest absolute Gasteiger partial charge is 0.497 e. The van der Waals surface area contributed by atoms with Gasteiger partial charge in [-0.3, -0.25) is 4.99 Å². The van der Waals surface area contributed by atoms with Gasteiger partial charge in [-0.15, -0.1) is 24.0 Å². The molecule has 0 spiro atoms. The first-order valence-corrected chi connectivity index (χ1v) is 10.3. The highest BCUT2D eigenvalue weighted by Crippen LogP contribution is 2.14. The molecule has 0 aliphatic rings. The molecular weight excluding hydrogens is 501 g/mol. The molecular formula is C24H32IN5O. The molecule has 7 heteroatoms. The summed E-state index contributed by atoms with van der Waals surface area (Å²) in [5, 5.41) is 8.12. The van der Waals surface area contributed by atoms with Crippen molar-refractivity contribution in [2.24, 2.45) is 4.99 Å². The van der Waals surface area contributed by atoms with Crippen molar-refractivity contribution < 1.29 is 4.74 Å². The van der Waals surface area contributed by atoms with E-state index in [9.17, 15) is 0 Å². The predicted octanol–water partition coefficient (Wildman–Crippen LogP) is 4.45. The van der Waals surface area contributed by atoms with Gasteiger partial charge in [0.15, 0.2) is 5.96 Å². The summed E-state index contributed by atoms with van der Waals surface area (Å²) in [5.41, 5.74) is 4.66. The Bertz CT molecular complexity index is 954.